The number of hydrogen-bond donors (Lipinski definition) is 2. The fourth-order valence-corrected chi connectivity index (χ4v) is 4.33. The second kappa shape index (κ2) is 5.78. The summed E-state index contributed by atoms with van der Waals surface area (Å²) >= 11 is 7.08. The Kier molecular flexibility index (Phi) is 3.73. The fraction of sp³-hybridized carbons (Fsp3) is 0.125. The molecule has 1 aromatic heterocycles. The first-order chi connectivity index (χ1) is 11.6. The SMILES string of the molecule is COc1c(Br)cc(Br)cc1[C@@H]1N=C(N)Nc2nc3ccccc3n21. The molecule has 0 saturated carbocycles. The number of benzene rings is 2. The lowest BCUT2D eigenvalue weighted by molar-refractivity contribution is 0.400. The number of methoxy groups -OCH3 is 1. The maximum atomic E-state index is 5.99. The second-order valence-electron chi connectivity index (χ2n) is 5.32. The molecule has 6 nitrogen and oxygen atoms in total. The molecule has 0 fully saturated rings. The quantitative estimate of drug-likeness (QED) is 0.621. The topological polar surface area (TPSA) is 77.5 Å². The van der Waals surface area contributed by atoms with Crippen LogP contribution in [-0.4, -0.2) is 22.6 Å². The van der Waals surface area contributed by atoms with Crippen molar-refractivity contribution in [1.29, 1.82) is 0 Å². The molecule has 1 aliphatic rings. The van der Waals surface area contributed by atoms with Gasteiger partial charge in [-0.2, -0.15) is 0 Å². The molecule has 0 radical (unpaired) electrons. The molecule has 3 N–H and O–H groups in total. The number of anilines is 1. The maximum Gasteiger partial charge on any atom is 0.212 e. The summed E-state index contributed by atoms with van der Waals surface area (Å²) in [5, 5.41) is 3.03. The largest absolute Gasteiger partial charge is 0.495 e. The van der Waals surface area contributed by atoms with Gasteiger partial charge in [0.05, 0.1) is 22.6 Å². The molecular weight excluding hydrogens is 438 g/mol. The molecule has 1 aliphatic heterocycles. The first kappa shape index (κ1) is 15.5. The minimum Gasteiger partial charge on any atom is -0.495 e. The lowest BCUT2D eigenvalue weighted by atomic mass is 10.1. The Morgan fingerprint density at radius 1 is 1.25 bits per heavy atom. The standard InChI is InChI=1S/C16H13Br2N5O/c1-24-13-9(6-8(17)7-10(13)18)14-21-15(19)22-16-20-11-4-2-3-5-12(11)23(14)16/h2-7,14H,1H3,(H3,19,20,21,22)/t14-/m1/s1. The third-order valence-electron chi connectivity index (χ3n) is 3.86. The Morgan fingerprint density at radius 2 is 2.04 bits per heavy atom. The molecule has 0 bridgehead atoms. The van der Waals surface area contributed by atoms with Gasteiger partial charge in [-0.05, 0) is 40.2 Å². The highest BCUT2D eigenvalue weighted by atomic mass is 79.9. The van der Waals surface area contributed by atoms with E-state index in [0.29, 0.717) is 17.7 Å². The summed E-state index contributed by atoms with van der Waals surface area (Å²) in [4.78, 5) is 9.20. The van der Waals surface area contributed by atoms with Crippen LogP contribution in [0.15, 0.2) is 50.3 Å². The van der Waals surface area contributed by atoms with Gasteiger partial charge in [-0.25, -0.2) is 9.98 Å². The van der Waals surface area contributed by atoms with Crippen molar-refractivity contribution in [1.82, 2.24) is 9.55 Å². The number of hydrogen-bond acceptors (Lipinski definition) is 5. The van der Waals surface area contributed by atoms with Gasteiger partial charge >= 0.3 is 0 Å². The number of guanidine groups is 1. The van der Waals surface area contributed by atoms with E-state index >= 15 is 0 Å². The number of para-hydroxylation sites is 2. The number of nitrogens with two attached hydrogens (primary N) is 1. The van der Waals surface area contributed by atoms with E-state index in [1.54, 1.807) is 7.11 Å². The van der Waals surface area contributed by atoms with Crippen LogP contribution < -0.4 is 15.8 Å². The fourth-order valence-electron chi connectivity index (χ4n) is 2.91. The van der Waals surface area contributed by atoms with Crippen molar-refractivity contribution in [2.75, 3.05) is 12.4 Å². The highest BCUT2D eigenvalue weighted by molar-refractivity contribution is 9.11. The summed E-state index contributed by atoms with van der Waals surface area (Å²) in [6.45, 7) is 0. The zero-order valence-electron chi connectivity index (χ0n) is 12.6. The van der Waals surface area contributed by atoms with Crippen molar-refractivity contribution >= 4 is 54.8 Å². The molecule has 2 aromatic carbocycles. The molecule has 8 heteroatoms. The van der Waals surface area contributed by atoms with E-state index in [-0.39, 0.29) is 6.17 Å². The van der Waals surface area contributed by atoms with Crippen LogP contribution in [0.25, 0.3) is 11.0 Å². The van der Waals surface area contributed by atoms with Gasteiger partial charge in [0.1, 0.15) is 5.75 Å². The number of aliphatic imine (C=N–C) groups is 1. The molecule has 0 saturated heterocycles. The summed E-state index contributed by atoms with van der Waals surface area (Å²) in [6.07, 6.45) is -0.377. The van der Waals surface area contributed by atoms with E-state index < -0.39 is 0 Å². The Labute approximate surface area is 155 Å². The van der Waals surface area contributed by atoms with E-state index in [0.717, 1.165) is 25.5 Å². The molecule has 0 amide bonds. The third-order valence-corrected chi connectivity index (χ3v) is 4.91. The van der Waals surface area contributed by atoms with Gasteiger partial charge in [-0.1, -0.05) is 28.1 Å². The number of imidazole rings is 1. The van der Waals surface area contributed by atoms with Gasteiger partial charge in [0.15, 0.2) is 12.1 Å². The maximum absolute atomic E-state index is 5.99. The van der Waals surface area contributed by atoms with E-state index in [9.17, 15) is 0 Å². The Bertz CT molecular complexity index is 982. The van der Waals surface area contributed by atoms with Crippen LogP contribution in [-0.2, 0) is 0 Å². The predicted molar refractivity (Wildman–Crippen MR) is 102 cm³/mol. The lowest BCUT2D eigenvalue weighted by Crippen LogP contribution is -2.31. The van der Waals surface area contributed by atoms with E-state index in [4.69, 9.17) is 10.5 Å². The summed E-state index contributed by atoms with van der Waals surface area (Å²) in [6, 6.07) is 11.8. The smallest absolute Gasteiger partial charge is 0.212 e. The van der Waals surface area contributed by atoms with Gasteiger partial charge in [0.2, 0.25) is 5.95 Å². The van der Waals surface area contributed by atoms with E-state index in [1.165, 1.54) is 0 Å². The van der Waals surface area contributed by atoms with Crippen LogP contribution in [0.3, 0.4) is 0 Å². The molecule has 0 spiro atoms. The minimum absolute atomic E-state index is 0.320. The third kappa shape index (κ3) is 2.37. The van der Waals surface area contributed by atoms with Gasteiger partial charge in [0, 0.05) is 10.0 Å². The average molecular weight is 451 g/mol. The number of nitrogens with zero attached hydrogens (tertiary/aromatic N) is 3. The summed E-state index contributed by atoms with van der Waals surface area (Å²) in [5.74, 6) is 1.69. The van der Waals surface area contributed by atoms with Crippen molar-refractivity contribution in [2.24, 2.45) is 10.7 Å². The van der Waals surface area contributed by atoms with Crippen molar-refractivity contribution < 1.29 is 4.74 Å². The molecule has 2 heterocycles. The summed E-state index contributed by atoms with van der Waals surface area (Å²) in [7, 11) is 1.64. The number of halogens is 2. The molecule has 1 atom stereocenters. The van der Waals surface area contributed by atoms with Crippen LogP contribution >= 0.6 is 31.9 Å². The monoisotopic (exact) mass is 449 g/mol. The number of fused-ring (bicyclic) bond motifs is 3. The molecule has 0 aliphatic carbocycles. The number of rotatable bonds is 2. The number of nitrogens with one attached hydrogen (secondary N) is 1. The van der Waals surface area contributed by atoms with Crippen LogP contribution in [0.4, 0.5) is 5.95 Å². The summed E-state index contributed by atoms with van der Waals surface area (Å²) in [5.41, 5.74) is 8.72. The number of ether oxygens (including phenoxy) is 1. The van der Waals surface area contributed by atoms with Crippen molar-refractivity contribution in [2.45, 2.75) is 6.17 Å². The van der Waals surface area contributed by atoms with Crippen LogP contribution in [0.1, 0.15) is 11.7 Å². The van der Waals surface area contributed by atoms with Crippen molar-refractivity contribution in [3.63, 3.8) is 0 Å². The zero-order valence-corrected chi connectivity index (χ0v) is 15.8. The van der Waals surface area contributed by atoms with Gasteiger partial charge < -0.3 is 10.5 Å². The van der Waals surface area contributed by atoms with E-state index in [1.807, 2.05) is 41.0 Å². The van der Waals surface area contributed by atoms with E-state index in [2.05, 4.69) is 47.2 Å². The Hall–Kier alpha value is -2.06. The minimum atomic E-state index is -0.377. The predicted octanol–water partition coefficient (Wildman–Crippen LogP) is 3.86. The first-order valence-electron chi connectivity index (χ1n) is 7.18. The highest BCUT2D eigenvalue weighted by Gasteiger charge is 2.28. The average Bonchev–Trinajstić information content (AvgIpc) is 2.91. The van der Waals surface area contributed by atoms with Crippen LogP contribution in [0.5, 0.6) is 5.75 Å². The van der Waals surface area contributed by atoms with Gasteiger partial charge in [-0.15, -0.1) is 0 Å². The normalized spacial score (nSPS) is 16.5. The van der Waals surface area contributed by atoms with Crippen molar-refractivity contribution in [3.05, 3.63) is 50.9 Å². The molecule has 24 heavy (non-hydrogen) atoms. The van der Waals surface area contributed by atoms with Crippen molar-refractivity contribution in [3.8, 4) is 5.75 Å². The molecular formula is C16H13Br2N5O. The van der Waals surface area contributed by atoms with Gasteiger partial charge in [0.25, 0.3) is 0 Å². The molecule has 4 rings (SSSR count). The van der Waals surface area contributed by atoms with Crippen LogP contribution in [0.2, 0.25) is 0 Å². The van der Waals surface area contributed by atoms with Crippen LogP contribution in [0, 0.1) is 0 Å². The molecule has 0 unspecified atom stereocenters. The summed E-state index contributed by atoms with van der Waals surface area (Å²) < 4.78 is 9.37. The molecule has 122 valence electrons. The molecule has 3 aromatic rings. The van der Waals surface area contributed by atoms with Gasteiger partial charge in [-0.3, -0.25) is 9.88 Å². The zero-order chi connectivity index (χ0) is 16.8. The second-order valence-corrected chi connectivity index (χ2v) is 7.09. The Morgan fingerprint density at radius 3 is 2.83 bits per heavy atom. The number of aromatic nitrogens is 2. The Balaban J connectivity index is 2.01. The first-order valence-corrected chi connectivity index (χ1v) is 8.77. The lowest BCUT2D eigenvalue weighted by Gasteiger charge is -2.25. The highest BCUT2D eigenvalue weighted by Crippen LogP contribution is 2.41.